The minimum Gasteiger partial charge on any atom is -0.376 e. The Morgan fingerprint density at radius 3 is 3.15 bits per heavy atom. The van der Waals surface area contributed by atoms with Gasteiger partial charge in [-0.05, 0) is 27.9 Å². The molecule has 1 aliphatic heterocycles. The van der Waals surface area contributed by atoms with Gasteiger partial charge >= 0.3 is 0 Å². The van der Waals surface area contributed by atoms with E-state index in [1.807, 2.05) is 6.20 Å². The lowest BCUT2D eigenvalue weighted by atomic mass is 10.0. The number of hydrogen-bond donors (Lipinski definition) is 0. The van der Waals surface area contributed by atoms with Gasteiger partial charge in [-0.2, -0.15) is 0 Å². The maximum absolute atomic E-state index is 5.45. The Balaban J connectivity index is 2.54. The highest BCUT2D eigenvalue weighted by atomic mass is 79.9. The highest BCUT2D eigenvalue weighted by Gasteiger charge is 2.13. The third-order valence-corrected chi connectivity index (χ3v) is 2.86. The number of pyridine rings is 1. The summed E-state index contributed by atoms with van der Waals surface area (Å²) in [6, 6.07) is 0. The van der Waals surface area contributed by atoms with Crippen LogP contribution in [-0.2, 0) is 11.3 Å². The van der Waals surface area contributed by atoms with E-state index < -0.39 is 0 Å². The van der Waals surface area contributed by atoms with Crippen molar-refractivity contribution in [1.82, 2.24) is 4.98 Å². The molecule has 0 fully saturated rings. The largest absolute Gasteiger partial charge is 0.376 e. The highest BCUT2D eigenvalue weighted by Crippen LogP contribution is 2.29. The van der Waals surface area contributed by atoms with Crippen molar-refractivity contribution in [3.8, 4) is 0 Å². The monoisotopic (exact) mass is 239 g/mol. The summed E-state index contributed by atoms with van der Waals surface area (Å²) in [5.74, 6) is 0. The van der Waals surface area contributed by atoms with E-state index >= 15 is 0 Å². The Morgan fingerprint density at radius 2 is 2.31 bits per heavy atom. The van der Waals surface area contributed by atoms with Crippen LogP contribution in [0.15, 0.2) is 23.4 Å². The fraction of sp³-hybridized carbons (Fsp3) is 0.300. The molecule has 3 heteroatoms. The van der Waals surface area contributed by atoms with Crippen LogP contribution in [0.25, 0.3) is 5.57 Å². The molecule has 1 aromatic heterocycles. The van der Waals surface area contributed by atoms with Crippen molar-refractivity contribution in [3.05, 3.63) is 34.6 Å². The van der Waals surface area contributed by atoms with E-state index in [0.717, 1.165) is 34.2 Å². The van der Waals surface area contributed by atoms with E-state index in [9.17, 15) is 0 Å². The average molecular weight is 240 g/mol. The maximum Gasteiger partial charge on any atom is 0.0735 e. The molecule has 2 nitrogen and oxygen atoms in total. The number of rotatable bonds is 0. The number of nitrogens with zero attached hydrogens (tertiary/aromatic N) is 1. The summed E-state index contributed by atoms with van der Waals surface area (Å²) in [7, 11) is 0. The minimum atomic E-state index is 0.650. The number of hydrogen-bond acceptors (Lipinski definition) is 2. The van der Waals surface area contributed by atoms with Gasteiger partial charge in [0.05, 0.1) is 13.2 Å². The summed E-state index contributed by atoms with van der Waals surface area (Å²) in [4.78, 5) is 4.13. The van der Waals surface area contributed by atoms with Gasteiger partial charge in [0.25, 0.3) is 0 Å². The molecule has 0 amide bonds. The molecule has 0 spiro atoms. The first-order valence-corrected chi connectivity index (χ1v) is 4.96. The summed E-state index contributed by atoms with van der Waals surface area (Å²) in [6.45, 7) is 5.42. The zero-order valence-electron chi connectivity index (χ0n) is 7.22. The summed E-state index contributed by atoms with van der Waals surface area (Å²) in [5, 5.41) is 0. The molecule has 0 saturated carbocycles. The molecule has 0 radical (unpaired) electrons. The van der Waals surface area contributed by atoms with Crippen LogP contribution in [0.1, 0.15) is 17.5 Å². The lowest BCUT2D eigenvalue weighted by Crippen LogP contribution is -1.94. The molecular formula is C10H10BrNO. The predicted octanol–water partition coefficient (Wildman–Crippen LogP) is 2.78. The number of halogens is 1. The van der Waals surface area contributed by atoms with E-state index in [-0.39, 0.29) is 0 Å². The van der Waals surface area contributed by atoms with E-state index in [1.165, 1.54) is 0 Å². The van der Waals surface area contributed by atoms with E-state index in [0.29, 0.717) is 6.61 Å². The lowest BCUT2D eigenvalue weighted by molar-refractivity contribution is 0.129. The van der Waals surface area contributed by atoms with Crippen LogP contribution in [0, 0.1) is 0 Å². The van der Waals surface area contributed by atoms with Crippen molar-refractivity contribution in [2.75, 3.05) is 6.61 Å². The second-order valence-electron chi connectivity index (χ2n) is 3.05. The fourth-order valence-electron chi connectivity index (χ4n) is 1.42. The van der Waals surface area contributed by atoms with Gasteiger partial charge in [0.1, 0.15) is 0 Å². The van der Waals surface area contributed by atoms with E-state index in [2.05, 4.69) is 27.5 Å². The fourth-order valence-corrected chi connectivity index (χ4v) is 1.86. The molecule has 0 unspecified atom stereocenters. The van der Waals surface area contributed by atoms with Crippen molar-refractivity contribution >= 4 is 21.5 Å². The topological polar surface area (TPSA) is 22.1 Å². The van der Waals surface area contributed by atoms with Gasteiger partial charge < -0.3 is 4.74 Å². The summed E-state index contributed by atoms with van der Waals surface area (Å²) in [5.41, 5.74) is 3.41. The number of aromatic nitrogens is 1. The Morgan fingerprint density at radius 1 is 1.46 bits per heavy atom. The van der Waals surface area contributed by atoms with Gasteiger partial charge in [-0.25, -0.2) is 0 Å². The molecular weight excluding hydrogens is 230 g/mol. The number of fused-ring (bicyclic) bond motifs is 1. The highest BCUT2D eigenvalue weighted by molar-refractivity contribution is 9.10. The van der Waals surface area contributed by atoms with Crippen molar-refractivity contribution < 1.29 is 4.74 Å². The van der Waals surface area contributed by atoms with Crippen LogP contribution < -0.4 is 0 Å². The van der Waals surface area contributed by atoms with Gasteiger partial charge in [0.15, 0.2) is 0 Å². The first kappa shape index (κ1) is 8.91. The van der Waals surface area contributed by atoms with E-state index in [4.69, 9.17) is 4.74 Å². The SMILES string of the molecule is C=C1CCOCc2c(Br)cncc21. The van der Waals surface area contributed by atoms with Crippen LogP contribution in [0.3, 0.4) is 0 Å². The quantitative estimate of drug-likeness (QED) is 0.695. The second-order valence-corrected chi connectivity index (χ2v) is 3.91. The summed E-state index contributed by atoms with van der Waals surface area (Å²) >= 11 is 3.46. The van der Waals surface area contributed by atoms with Gasteiger partial charge in [-0.1, -0.05) is 6.58 Å². The molecule has 0 N–H and O–H groups in total. The summed E-state index contributed by atoms with van der Waals surface area (Å²) < 4.78 is 6.46. The third kappa shape index (κ3) is 1.67. The zero-order valence-corrected chi connectivity index (χ0v) is 8.80. The Labute approximate surface area is 85.8 Å². The molecule has 0 atom stereocenters. The molecule has 2 rings (SSSR count). The smallest absolute Gasteiger partial charge is 0.0735 e. The van der Waals surface area contributed by atoms with Crippen molar-refractivity contribution in [2.45, 2.75) is 13.0 Å². The maximum atomic E-state index is 5.45. The lowest BCUT2D eigenvalue weighted by Gasteiger charge is -2.06. The van der Waals surface area contributed by atoms with Crippen molar-refractivity contribution in [2.24, 2.45) is 0 Å². The van der Waals surface area contributed by atoms with E-state index in [1.54, 1.807) is 6.20 Å². The minimum absolute atomic E-state index is 0.650. The molecule has 13 heavy (non-hydrogen) atoms. The second kappa shape index (κ2) is 3.60. The average Bonchev–Trinajstić information content (AvgIpc) is 2.30. The summed E-state index contributed by atoms with van der Waals surface area (Å²) in [6.07, 6.45) is 4.54. The Bertz CT molecular complexity index is 349. The first-order valence-electron chi connectivity index (χ1n) is 4.17. The molecule has 0 aromatic carbocycles. The normalized spacial score (nSPS) is 16.5. The Kier molecular flexibility index (Phi) is 2.47. The van der Waals surface area contributed by atoms with Crippen LogP contribution in [0.2, 0.25) is 0 Å². The molecule has 0 saturated heterocycles. The molecule has 1 aliphatic rings. The van der Waals surface area contributed by atoms with Crippen LogP contribution in [0.5, 0.6) is 0 Å². The molecule has 68 valence electrons. The van der Waals surface area contributed by atoms with Crippen molar-refractivity contribution in [1.29, 1.82) is 0 Å². The van der Waals surface area contributed by atoms with Crippen LogP contribution >= 0.6 is 15.9 Å². The zero-order chi connectivity index (χ0) is 9.26. The van der Waals surface area contributed by atoms with Crippen LogP contribution in [0.4, 0.5) is 0 Å². The van der Waals surface area contributed by atoms with Gasteiger partial charge in [0.2, 0.25) is 0 Å². The first-order chi connectivity index (χ1) is 6.29. The molecule has 2 heterocycles. The standard InChI is InChI=1S/C10H10BrNO/c1-7-2-3-13-6-9-8(7)4-12-5-10(9)11/h4-5H,1-3,6H2. The Hall–Kier alpha value is -0.670. The van der Waals surface area contributed by atoms with Gasteiger partial charge in [-0.15, -0.1) is 0 Å². The van der Waals surface area contributed by atoms with Crippen LogP contribution in [-0.4, -0.2) is 11.6 Å². The number of ether oxygens (including phenoxy) is 1. The van der Waals surface area contributed by atoms with Gasteiger partial charge in [0, 0.05) is 28.0 Å². The molecule has 0 aliphatic carbocycles. The molecule has 1 aromatic rings. The molecule has 0 bridgehead atoms. The predicted molar refractivity (Wildman–Crippen MR) is 55.2 cm³/mol. The van der Waals surface area contributed by atoms with Crippen molar-refractivity contribution in [3.63, 3.8) is 0 Å². The third-order valence-electron chi connectivity index (χ3n) is 2.18. The van der Waals surface area contributed by atoms with Gasteiger partial charge in [-0.3, -0.25) is 4.98 Å².